The zero-order valence-electron chi connectivity index (χ0n) is 18.7. The first kappa shape index (κ1) is 20.9. The fraction of sp³-hybridized carbons (Fsp3) is 0.179. The summed E-state index contributed by atoms with van der Waals surface area (Å²) in [5, 5.41) is 0.839. The largest absolute Gasteiger partial charge is 0.305 e. The summed E-state index contributed by atoms with van der Waals surface area (Å²) in [6, 6.07) is 26.9. The van der Waals surface area contributed by atoms with Crippen LogP contribution < -0.4 is 9.80 Å². The zero-order chi connectivity index (χ0) is 22.9. The quantitative estimate of drug-likeness (QED) is 0.411. The van der Waals surface area contributed by atoms with E-state index >= 15 is 0 Å². The summed E-state index contributed by atoms with van der Waals surface area (Å²) in [6.45, 7) is 3.65. The summed E-state index contributed by atoms with van der Waals surface area (Å²) in [7, 11) is 0. The van der Waals surface area contributed by atoms with Crippen LogP contribution in [0.1, 0.15) is 42.2 Å². The summed E-state index contributed by atoms with van der Waals surface area (Å²) in [6.07, 6.45) is 2.33. The van der Waals surface area contributed by atoms with Gasteiger partial charge >= 0.3 is 0 Å². The van der Waals surface area contributed by atoms with Crippen molar-refractivity contribution < 1.29 is 9.59 Å². The van der Waals surface area contributed by atoms with Crippen LogP contribution in [0.2, 0.25) is 0 Å². The number of hydrogen-bond acceptors (Lipinski definition) is 3. The highest BCUT2D eigenvalue weighted by molar-refractivity contribution is 6.14. The lowest BCUT2D eigenvalue weighted by atomic mass is 9.89. The van der Waals surface area contributed by atoms with Gasteiger partial charge in [-0.25, -0.2) is 0 Å². The van der Waals surface area contributed by atoms with Crippen molar-refractivity contribution in [2.24, 2.45) is 0 Å². The Morgan fingerprint density at radius 1 is 0.909 bits per heavy atom. The number of pyridine rings is 1. The number of hydrogen-bond donors (Lipinski definition) is 0. The van der Waals surface area contributed by atoms with Crippen LogP contribution in [0.5, 0.6) is 0 Å². The molecule has 0 aliphatic carbocycles. The Hall–Kier alpha value is -3.99. The molecule has 5 heteroatoms. The van der Waals surface area contributed by atoms with Gasteiger partial charge in [0.1, 0.15) is 0 Å². The van der Waals surface area contributed by atoms with Crippen molar-refractivity contribution in [2.75, 3.05) is 9.80 Å². The van der Waals surface area contributed by atoms with Crippen molar-refractivity contribution in [3.05, 3.63) is 102 Å². The maximum atomic E-state index is 13.9. The van der Waals surface area contributed by atoms with E-state index in [4.69, 9.17) is 0 Å². The van der Waals surface area contributed by atoms with Gasteiger partial charge in [0.15, 0.2) is 0 Å². The van der Waals surface area contributed by atoms with Crippen molar-refractivity contribution in [1.29, 1.82) is 0 Å². The second-order valence-corrected chi connectivity index (χ2v) is 8.43. The average Bonchev–Trinajstić information content (AvgIpc) is 2.84. The van der Waals surface area contributed by atoms with Crippen LogP contribution in [0.25, 0.3) is 10.9 Å². The summed E-state index contributed by atoms with van der Waals surface area (Å²) in [5.74, 6) is -0.0748. The predicted molar refractivity (Wildman–Crippen MR) is 131 cm³/mol. The van der Waals surface area contributed by atoms with Crippen LogP contribution in [0.3, 0.4) is 0 Å². The van der Waals surface area contributed by atoms with Crippen LogP contribution >= 0.6 is 0 Å². The SMILES string of the molecule is CC(=O)N(c1ccccc1)[C@H]1C[C@@H](C)N(C(=O)c2ccnc3ccccc23)c2ccccc21. The van der Waals surface area contributed by atoms with Crippen molar-refractivity contribution in [1.82, 2.24) is 4.98 Å². The van der Waals surface area contributed by atoms with Gasteiger partial charge in [0.25, 0.3) is 5.91 Å². The Kier molecular flexibility index (Phi) is 5.38. The normalized spacial score (nSPS) is 17.5. The van der Waals surface area contributed by atoms with E-state index in [0.29, 0.717) is 12.0 Å². The number of carbonyl (C=O) groups excluding carboxylic acids is 2. The maximum absolute atomic E-state index is 13.9. The second kappa shape index (κ2) is 8.51. The van der Waals surface area contributed by atoms with Gasteiger partial charge in [-0.15, -0.1) is 0 Å². The number of amides is 2. The Bertz CT molecular complexity index is 1330. The van der Waals surface area contributed by atoms with Crippen LogP contribution in [0, 0.1) is 0 Å². The molecule has 2 atom stereocenters. The molecule has 0 fully saturated rings. The predicted octanol–water partition coefficient (Wildman–Crippen LogP) is 5.77. The summed E-state index contributed by atoms with van der Waals surface area (Å²) < 4.78 is 0. The van der Waals surface area contributed by atoms with Gasteiger partial charge in [0.05, 0.1) is 17.1 Å². The summed E-state index contributed by atoms with van der Waals surface area (Å²) in [5.41, 5.74) is 4.10. The number of anilines is 2. The number of fused-ring (bicyclic) bond motifs is 2. The van der Waals surface area contributed by atoms with Gasteiger partial charge in [-0.2, -0.15) is 0 Å². The number of carbonyl (C=O) groups is 2. The van der Waals surface area contributed by atoms with E-state index in [1.807, 2.05) is 95.6 Å². The Balaban J connectivity index is 1.61. The van der Waals surface area contributed by atoms with Gasteiger partial charge in [-0.1, -0.05) is 54.6 Å². The molecule has 0 saturated heterocycles. The molecule has 164 valence electrons. The molecule has 2 heterocycles. The topological polar surface area (TPSA) is 53.5 Å². The van der Waals surface area contributed by atoms with Gasteiger partial charge in [0.2, 0.25) is 5.91 Å². The third-order valence-corrected chi connectivity index (χ3v) is 6.34. The van der Waals surface area contributed by atoms with Crippen LogP contribution in [-0.4, -0.2) is 22.8 Å². The molecule has 5 nitrogen and oxygen atoms in total. The number of benzene rings is 3. The van der Waals surface area contributed by atoms with Crippen LogP contribution in [0.15, 0.2) is 91.1 Å². The Morgan fingerprint density at radius 3 is 2.39 bits per heavy atom. The molecule has 0 saturated carbocycles. The maximum Gasteiger partial charge on any atom is 0.259 e. The molecule has 0 bridgehead atoms. The van der Waals surface area contributed by atoms with E-state index < -0.39 is 0 Å². The smallest absolute Gasteiger partial charge is 0.259 e. The monoisotopic (exact) mass is 435 g/mol. The summed E-state index contributed by atoms with van der Waals surface area (Å²) >= 11 is 0. The molecule has 5 rings (SSSR count). The van der Waals surface area contributed by atoms with E-state index in [9.17, 15) is 9.59 Å². The number of nitrogens with zero attached hydrogens (tertiary/aromatic N) is 3. The molecule has 1 aliphatic heterocycles. The molecule has 3 aromatic carbocycles. The Labute approximate surface area is 193 Å². The first-order valence-electron chi connectivity index (χ1n) is 11.2. The van der Waals surface area contributed by atoms with E-state index in [0.717, 1.165) is 27.8 Å². The lowest BCUT2D eigenvalue weighted by molar-refractivity contribution is -0.117. The number of para-hydroxylation sites is 3. The van der Waals surface area contributed by atoms with E-state index in [1.165, 1.54) is 0 Å². The third-order valence-electron chi connectivity index (χ3n) is 6.34. The van der Waals surface area contributed by atoms with Gasteiger partial charge < -0.3 is 9.80 Å². The summed E-state index contributed by atoms with van der Waals surface area (Å²) in [4.78, 5) is 34.8. The highest BCUT2D eigenvalue weighted by Crippen LogP contribution is 2.43. The van der Waals surface area contributed by atoms with E-state index in [-0.39, 0.29) is 23.9 Å². The van der Waals surface area contributed by atoms with Crippen molar-refractivity contribution in [3.8, 4) is 0 Å². The minimum atomic E-state index is -0.158. The lowest BCUT2D eigenvalue weighted by Gasteiger charge is -2.43. The van der Waals surface area contributed by atoms with E-state index in [1.54, 1.807) is 19.2 Å². The van der Waals surface area contributed by atoms with Crippen LogP contribution in [0.4, 0.5) is 11.4 Å². The van der Waals surface area contributed by atoms with Gasteiger partial charge in [-0.3, -0.25) is 14.6 Å². The van der Waals surface area contributed by atoms with Crippen LogP contribution in [-0.2, 0) is 4.79 Å². The molecule has 0 spiro atoms. The Morgan fingerprint density at radius 2 is 1.61 bits per heavy atom. The minimum absolute atomic E-state index is 0.0203. The molecule has 33 heavy (non-hydrogen) atoms. The molecule has 0 radical (unpaired) electrons. The minimum Gasteiger partial charge on any atom is -0.305 e. The molecule has 0 N–H and O–H groups in total. The molecule has 1 aliphatic rings. The first-order chi connectivity index (χ1) is 16.1. The molecular weight excluding hydrogens is 410 g/mol. The lowest BCUT2D eigenvalue weighted by Crippen LogP contribution is -2.47. The van der Waals surface area contributed by atoms with Gasteiger partial charge in [-0.05, 0) is 49.2 Å². The molecule has 0 unspecified atom stereocenters. The van der Waals surface area contributed by atoms with Crippen molar-refractivity contribution >= 4 is 34.1 Å². The molecule has 1 aromatic heterocycles. The van der Waals surface area contributed by atoms with Gasteiger partial charge in [0, 0.05) is 35.9 Å². The molecular formula is C28H25N3O2. The number of aromatic nitrogens is 1. The van der Waals surface area contributed by atoms with E-state index in [2.05, 4.69) is 4.98 Å². The standard InChI is InChI=1S/C28H25N3O2/c1-19-18-27(31(20(2)32)21-10-4-3-5-11-21)24-13-7-9-15-26(24)30(19)28(33)23-16-17-29-25-14-8-6-12-22(23)25/h3-17,19,27H,18H2,1-2H3/t19-,27+/m1/s1. The zero-order valence-corrected chi connectivity index (χ0v) is 18.7. The highest BCUT2D eigenvalue weighted by Gasteiger charge is 2.38. The van der Waals surface area contributed by atoms with Crippen molar-refractivity contribution in [3.63, 3.8) is 0 Å². The molecule has 2 amide bonds. The fourth-order valence-electron chi connectivity index (χ4n) is 4.92. The molecule has 4 aromatic rings. The highest BCUT2D eigenvalue weighted by atomic mass is 16.2. The van der Waals surface area contributed by atoms with Crippen molar-refractivity contribution in [2.45, 2.75) is 32.4 Å². The average molecular weight is 436 g/mol. The first-order valence-corrected chi connectivity index (χ1v) is 11.2. The fourth-order valence-corrected chi connectivity index (χ4v) is 4.92. The second-order valence-electron chi connectivity index (χ2n) is 8.43. The number of rotatable bonds is 3. The third kappa shape index (κ3) is 3.65.